The Balaban J connectivity index is 2.26. The van der Waals surface area contributed by atoms with Crippen LogP contribution in [0.2, 0.25) is 19.9 Å². The predicted octanol–water partition coefficient (Wildman–Crippen LogP) is 4.51. The van der Waals surface area contributed by atoms with Crippen LogP contribution in [0.15, 0.2) is 23.3 Å². The van der Waals surface area contributed by atoms with Crippen LogP contribution in [0.25, 0.3) is 0 Å². The van der Waals surface area contributed by atoms with E-state index in [-0.39, 0.29) is 0 Å². The second kappa shape index (κ2) is 3.40. The second-order valence-corrected chi connectivity index (χ2v) is 13.8. The standard InChI is InChI=1S/C9H11.3CH3.Ti/c1-2-5-9-7-3-6-8(9)4-1;;;;/h3,6-7H,1-2,4-5H2;3*1H3;. The molecule has 0 fully saturated rings. The molecule has 0 heterocycles. The molecule has 2 aliphatic rings. The molecule has 0 N–H and O–H groups in total. The number of rotatable bonds is 1. The van der Waals surface area contributed by atoms with E-state index in [0.29, 0.717) is 0 Å². The molecule has 1 heteroatoms. The summed E-state index contributed by atoms with van der Waals surface area (Å²) in [5, 5.41) is 7.62. The van der Waals surface area contributed by atoms with Gasteiger partial charge in [0.05, 0.1) is 0 Å². The third-order valence-corrected chi connectivity index (χ3v) is 7.11. The Morgan fingerprint density at radius 1 is 1.15 bits per heavy atom. The van der Waals surface area contributed by atoms with E-state index in [1.165, 1.54) is 25.7 Å². The zero-order valence-electron chi connectivity index (χ0n) is 9.06. The van der Waals surface area contributed by atoms with Gasteiger partial charge in [0, 0.05) is 0 Å². The van der Waals surface area contributed by atoms with Gasteiger partial charge in [-0.1, -0.05) is 0 Å². The van der Waals surface area contributed by atoms with Crippen LogP contribution in [0.4, 0.5) is 0 Å². The fourth-order valence-corrected chi connectivity index (χ4v) is 5.84. The van der Waals surface area contributed by atoms with Crippen LogP contribution in [0.1, 0.15) is 25.7 Å². The van der Waals surface area contributed by atoms with Gasteiger partial charge in [-0.25, -0.2) is 0 Å². The molecule has 13 heavy (non-hydrogen) atoms. The Bertz CT molecular complexity index is 265. The molecule has 0 saturated heterocycles. The van der Waals surface area contributed by atoms with Gasteiger partial charge in [0.1, 0.15) is 0 Å². The molecule has 0 nitrogen and oxygen atoms in total. The molecule has 0 saturated carbocycles. The van der Waals surface area contributed by atoms with Gasteiger partial charge in [0.2, 0.25) is 0 Å². The summed E-state index contributed by atoms with van der Waals surface area (Å²) in [5.74, 6) is 0. The van der Waals surface area contributed by atoms with E-state index in [0.717, 1.165) is 4.22 Å². The minimum absolute atomic E-state index is 0.912. The summed E-state index contributed by atoms with van der Waals surface area (Å²) < 4.78 is 0.912. The van der Waals surface area contributed by atoms with E-state index >= 15 is 0 Å². The molecule has 72 valence electrons. The van der Waals surface area contributed by atoms with Gasteiger partial charge in [-0.2, -0.15) is 0 Å². The van der Waals surface area contributed by atoms with E-state index in [1.54, 1.807) is 5.57 Å². The number of allylic oxidation sites excluding steroid dienone is 4. The summed E-state index contributed by atoms with van der Waals surface area (Å²) in [6, 6.07) is 0. The van der Waals surface area contributed by atoms with Crippen molar-refractivity contribution in [2.45, 2.75) is 45.6 Å². The molecule has 2 rings (SSSR count). The van der Waals surface area contributed by atoms with Crippen LogP contribution in [0.3, 0.4) is 0 Å². The average Bonchev–Trinajstić information content (AvgIpc) is 2.45. The first-order valence-corrected chi connectivity index (χ1v) is 11.1. The van der Waals surface area contributed by atoms with Gasteiger partial charge in [-0.15, -0.1) is 0 Å². The van der Waals surface area contributed by atoms with Crippen LogP contribution in [-0.2, 0) is 16.6 Å². The van der Waals surface area contributed by atoms with E-state index in [4.69, 9.17) is 0 Å². The van der Waals surface area contributed by atoms with Crippen molar-refractivity contribution in [2.75, 3.05) is 0 Å². The quantitative estimate of drug-likeness (QED) is 0.561. The van der Waals surface area contributed by atoms with Gasteiger partial charge >= 0.3 is 85.5 Å². The topological polar surface area (TPSA) is 0 Å². The first kappa shape index (κ1) is 9.74. The predicted molar refractivity (Wildman–Crippen MR) is 56.0 cm³/mol. The normalized spacial score (nSPS) is 28.1. The summed E-state index contributed by atoms with van der Waals surface area (Å²) in [6.07, 6.45) is 10.6. The zero-order valence-corrected chi connectivity index (χ0v) is 10.6. The maximum absolute atomic E-state index is 2.54. The maximum atomic E-state index is 2.54. The monoisotopic (exact) mass is 212 g/mol. The average molecular weight is 212 g/mol. The molecule has 1 atom stereocenters. The van der Waals surface area contributed by atoms with Gasteiger partial charge in [-0.3, -0.25) is 0 Å². The van der Waals surface area contributed by atoms with Crippen molar-refractivity contribution in [2.24, 2.45) is 0 Å². The van der Waals surface area contributed by atoms with Crippen molar-refractivity contribution in [1.29, 1.82) is 0 Å². The summed E-state index contributed by atoms with van der Waals surface area (Å²) in [6.45, 7) is 0. The number of hydrogen-bond donors (Lipinski definition) is 0. The van der Waals surface area contributed by atoms with E-state index in [9.17, 15) is 0 Å². The Hall–Kier alpha value is 0.194. The fraction of sp³-hybridized carbons (Fsp3) is 0.667. The molecule has 0 aromatic carbocycles. The van der Waals surface area contributed by atoms with Crippen molar-refractivity contribution < 1.29 is 16.6 Å². The molecule has 2 aliphatic carbocycles. The molecule has 0 amide bonds. The Morgan fingerprint density at radius 2 is 1.85 bits per heavy atom. The van der Waals surface area contributed by atoms with Crippen LogP contribution >= 0.6 is 0 Å². The van der Waals surface area contributed by atoms with Crippen molar-refractivity contribution in [3.05, 3.63) is 23.3 Å². The second-order valence-electron chi connectivity index (χ2n) is 5.46. The Labute approximate surface area is 85.5 Å². The summed E-state index contributed by atoms with van der Waals surface area (Å²) in [5.41, 5.74) is 3.54. The zero-order chi connectivity index (χ0) is 9.47. The van der Waals surface area contributed by atoms with Crippen molar-refractivity contribution in [3.8, 4) is 0 Å². The Morgan fingerprint density at radius 3 is 2.54 bits per heavy atom. The van der Waals surface area contributed by atoms with E-state index < -0.39 is 16.6 Å². The fourth-order valence-electron chi connectivity index (χ4n) is 2.64. The molecule has 0 aromatic rings. The molecule has 1 unspecified atom stereocenters. The van der Waals surface area contributed by atoms with Crippen molar-refractivity contribution >= 4 is 0 Å². The molecule has 0 radical (unpaired) electrons. The summed E-state index contributed by atoms with van der Waals surface area (Å²) in [4.78, 5) is 0. The van der Waals surface area contributed by atoms with Gasteiger partial charge in [-0.05, 0) is 0 Å². The molecular formula is C12H20Ti. The SMILES string of the molecule is [CH3][Ti]([CH3])([CH3])[CH]1C=CC2=C1CCCC2. The van der Waals surface area contributed by atoms with E-state index in [1.807, 2.05) is 5.57 Å². The van der Waals surface area contributed by atoms with Crippen LogP contribution in [0.5, 0.6) is 0 Å². The van der Waals surface area contributed by atoms with Crippen LogP contribution in [0, 0.1) is 0 Å². The van der Waals surface area contributed by atoms with E-state index in [2.05, 4.69) is 27.8 Å². The van der Waals surface area contributed by atoms with Crippen LogP contribution < -0.4 is 0 Å². The van der Waals surface area contributed by atoms with Gasteiger partial charge in [0.25, 0.3) is 0 Å². The number of hydrogen-bond acceptors (Lipinski definition) is 0. The molecule has 0 bridgehead atoms. The molecule has 0 spiro atoms. The first-order valence-electron chi connectivity index (χ1n) is 5.49. The van der Waals surface area contributed by atoms with Gasteiger partial charge < -0.3 is 0 Å². The third kappa shape index (κ3) is 1.85. The van der Waals surface area contributed by atoms with Crippen molar-refractivity contribution in [1.82, 2.24) is 0 Å². The van der Waals surface area contributed by atoms with Crippen LogP contribution in [-0.4, -0.2) is 0 Å². The minimum atomic E-state index is -1.47. The Kier molecular flexibility index (Phi) is 2.55. The molecular weight excluding hydrogens is 192 g/mol. The molecule has 0 aliphatic heterocycles. The summed E-state index contributed by atoms with van der Waals surface area (Å²) in [7, 11) is 0. The van der Waals surface area contributed by atoms with Crippen molar-refractivity contribution in [3.63, 3.8) is 0 Å². The third-order valence-electron chi connectivity index (χ3n) is 3.35. The van der Waals surface area contributed by atoms with Gasteiger partial charge in [0.15, 0.2) is 0 Å². The first-order chi connectivity index (χ1) is 6.09. The summed E-state index contributed by atoms with van der Waals surface area (Å²) >= 11 is -1.47. The molecule has 0 aromatic heterocycles.